The smallest absolute Gasteiger partial charge is 0.414 e. The van der Waals surface area contributed by atoms with Crippen LogP contribution in [0.1, 0.15) is 32.3 Å². The molecule has 0 fully saturated rings. The molecule has 0 saturated heterocycles. The van der Waals surface area contributed by atoms with Crippen LogP contribution >= 0.6 is 0 Å². The summed E-state index contributed by atoms with van der Waals surface area (Å²) in [7, 11) is 0. The Labute approximate surface area is 117 Å². The van der Waals surface area contributed by atoms with Crippen LogP contribution in [0.25, 0.3) is 0 Å². The molecule has 5 heteroatoms. The number of benzene rings is 1. The standard InChI is InChI=1S/C15H17NO4/c1-9(2)11-6-4-5-7-12(11)16-15(18)20-13-8-10(3)14(17)19-13/h4-9,13H,1-3H3,(H,16,18). The van der Waals surface area contributed by atoms with Gasteiger partial charge in [-0.3, -0.25) is 5.32 Å². The molecule has 1 aliphatic heterocycles. The fraction of sp³-hybridized carbons (Fsp3) is 0.333. The fourth-order valence-corrected chi connectivity index (χ4v) is 1.92. The van der Waals surface area contributed by atoms with Gasteiger partial charge in [-0.25, -0.2) is 9.59 Å². The third-order valence-electron chi connectivity index (χ3n) is 2.97. The lowest BCUT2D eigenvalue weighted by molar-refractivity contribution is -0.150. The van der Waals surface area contributed by atoms with Crippen LogP contribution in [0, 0.1) is 0 Å². The first-order chi connectivity index (χ1) is 9.47. The van der Waals surface area contributed by atoms with E-state index in [0.717, 1.165) is 5.56 Å². The number of carbonyl (C=O) groups is 2. The van der Waals surface area contributed by atoms with E-state index < -0.39 is 18.4 Å². The van der Waals surface area contributed by atoms with E-state index in [1.807, 2.05) is 32.0 Å². The van der Waals surface area contributed by atoms with E-state index in [-0.39, 0.29) is 5.92 Å². The molecule has 0 aromatic heterocycles. The Kier molecular flexibility index (Phi) is 4.08. The Balaban J connectivity index is 2.01. The summed E-state index contributed by atoms with van der Waals surface area (Å²) in [5.74, 6) is -0.191. The van der Waals surface area contributed by atoms with E-state index in [1.54, 1.807) is 13.0 Å². The average Bonchev–Trinajstić information content (AvgIpc) is 2.68. The number of para-hydroxylation sites is 1. The number of rotatable bonds is 3. The number of esters is 1. The molecule has 0 bridgehead atoms. The van der Waals surface area contributed by atoms with Gasteiger partial charge in [-0.15, -0.1) is 0 Å². The minimum Gasteiger partial charge on any atom is -0.418 e. The summed E-state index contributed by atoms with van der Waals surface area (Å²) in [6, 6.07) is 7.50. The molecule has 1 amide bonds. The lowest BCUT2D eigenvalue weighted by Gasteiger charge is -2.15. The van der Waals surface area contributed by atoms with Crippen LogP contribution in [0.5, 0.6) is 0 Å². The highest BCUT2D eigenvalue weighted by Gasteiger charge is 2.25. The summed E-state index contributed by atoms with van der Waals surface area (Å²) in [5.41, 5.74) is 2.14. The molecule has 106 valence electrons. The van der Waals surface area contributed by atoms with Gasteiger partial charge < -0.3 is 9.47 Å². The van der Waals surface area contributed by atoms with Gasteiger partial charge in [-0.1, -0.05) is 32.0 Å². The predicted molar refractivity (Wildman–Crippen MR) is 74.3 cm³/mol. The van der Waals surface area contributed by atoms with E-state index >= 15 is 0 Å². The predicted octanol–water partition coefficient (Wildman–Crippen LogP) is 3.19. The summed E-state index contributed by atoms with van der Waals surface area (Å²) in [5, 5.41) is 2.67. The van der Waals surface area contributed by atoms with Crippen molar-refractivity contribution in [2.45, 2.75) is 33.0 Å². The van der Waals surface area contributed by atoms with Gasteiger partial charge in [-0.05, 0) is 24.5 Å². The summed E-state index contributed by atoms with van der Waals surface area (Å²) >= 11 is 0. The molecule has 0 radical (unpaired) electrons. The van der Waals surface area contributed by atoms with Gasteiger partial charge in [0.15, 0.2) is 0 Å². The van der Waals surface area contributed by atoms with Gasteiger partial charge in [0.25, 0.3) is 6.29 Å². The molecule has 2 rings (SSSR count). The van der Waals surface area contributed by atoms with Crippen molar-refractivity contribution in [3.8, 4) is 0 Å². The normalized spacial score (nSPS) is 17.7. The highest BCUT2D eigenvalue weighted by Crippen LogP contribution is 2.24. The third-order valence-corrected chi connectivity index (χ3v) is 2.97. The fourth-order valence-electron chi connectivity index (χ4n) is 1.92. The van der Waals surface area contributed by atoms with Crippen molar-refractivity contribution < 1.29 is 19.1 Å². The van der Waals surface area contributed by atoms with E-state index in [0.29, 0.717) is 11.3 Å². The maximum Gasteiger partial charge on any atom is 0.414 e. The van der Waals surface area contributed by atoms with Gasteiger partial charge in [-0.2, -0.15) is 0 Å². The van der Waals surface area contributed by atoms with Crippen LogP contribution in [-0.2, 0) is 14.3 Å². The van der Waals surface area contributed by atoms with Crippen molar-refractivity contribution >= 4 is 17.7 Å². The van der Waals surface area contributed by atoms with Crippen molar-refractivity contribution in [1.29, 1.82) is 0 Å². The summed E-state index contributed by atoms with van der Waals surface area (Å²) < 4.78 is 9.87. The number of hydrogen-bond acceptors (Lipinski definition) is 4. The molecular weight excluding hydrogens is 258 g/mol. The molecule has 1 heterocycles. The lowest BCUT2D eigenvalue weighted by Crippen LogP contribution is -2.22. The minimum atomic E-state index is -0.950. The number of amides is 1. The van der Waals surface area contributed by atoms with Gasteiger partial charge in [0.1, 0.15) is 0 Å². The number of nitrogens with one attached hydrogen (secondary N) is 1. The number of hydrogen-bond donors (Lipinski definition) is 1. The zero-order valence-corrected chi connectivity index (χ0v) is 11.7. The van der Waals surface area contributed by atoms with Crippen molar-refractivity contribution in [1.82, 2.24) is 0 Å². The molecule has 5 nitrogen and oxygen atoms in total. The van der Waals surface area contributed by atoms with E-state index in [4.69, 9.17) is 9.47 Å². The summed E-state index contributed by atoms with van der Waals surface area (Å²) in [4.78, 5) is 23.0. The van der Waals surface area contributed by atoms with Crippen LogP contribution < -0.4 is 5.32 Å². The van der Waals surface area contributed by atoms with E-state index in [9.17, 15) is 9.59 Å². The second-order valence-corrected chi connectivity index (χ2v) is 4.90. The second kappa shape index (κ2) is 5.77. The SMILES string of the molecule is CC1=CC(OC(=O)Nc2ccccc2C(C)C)OC1=O. The van der Waals surface area contributed by atoms with Gasteiger partial charge in [0, 0.05) is 17.3 Å². The Morgan fingerprint density at radius 3 is 2.65 bits per heavy atom. The van der Waals surface area contributed by atoms with Gasteiger partial charge in [0.2, 0.25) is 0 Å². The minimum absolute atomic E-state index is 0.276. The van der Waals surface area contributed by atoms with Crippen LogP contribution in [0.15, 0.2) is 35.9 Å². The van der Waals surface area contributed by atoms with Crippen molar-refractivity contribution in [3.05, 3.63) is 41.5 Å². The quantitative estimate of drug-likeness (QED) is 0.860. The van der Waals surface area contributed by atoms with Crippen molar-refractivity contribution in [2.24, 2.45) is 0 Å². The Bertz CT molecular complexity index is 563. The van der Waals surface area contributed by atoms with E-state index in [2.05, 4.69) is 5.32 Å². The molecule has 1 N–H and O–H groups in total. The monoisotopic (exact) mass is 275 g/mol. The molecule has 0 spiro atoms. The Morgan fingerprint density at radius 2 is 2.05 bits per heavy atom. The number of cyclic esters (lactones) is 1. The van der Waals surface area contributed by atoms with Crippen LogP contribution in [0.3, 0.4) is 0 Å². The first kappa shape index (κ1) is 14.1. The molecule has 1 aliphatic rings. The largest absolute Gasteiger partial charge is 0.418 e. The molecule has 1 unspecified atom stereocenters. The van der Waals surface area contributed by atoms with Crippen molar-refractivity contribution in [2.75, 3.05) is 5.32 Å². The number of carbonyl (C=O) groups excluding carboxylic acids is 2. The number of anilines is 1. The average molecular weight is 275 g/mol. The van der Waals surface area contributed by atoms with Gasteiger partial charge >= 0.3 is 12.1 Å². The second-order valence-electron chi connectivity index (χ2n) is 4.90. The molecule has 1 aromatic rings. The first-order valence-corrected chi connectivity index (χ1v) is 6.43. The molecule has 0 aliphatic carbocycles. The van der Waals surface area contributed by atoms with Crippen LogP contribution in [0.4, 0.5) is 10.5 Å². The number of ether oxygens (including phenoxy) is 2. The summed E-state index contributed by atoms with van der Waals surface area (Å²) in [6.45, 7) is 5.69. The molecular formula is C15H17NO4. The zero-order valence-electron chi connectivity index (χ0n) is 11.7. The Hall–Kier alpha value is -2.30. The zero-order chi connectivity index (χ0) is 14.7. The maximum atomic E-state index is 11.8. The lowest BCUT2D eigenvalue weighted by atomic mass is 10.0. The summed E-state index contributed by atoms with van der Waals surface area (Å²) in [6.07, 6.45) is -0.133. The first-order valence-electron chi connectivity index (χ1n) is 6.43. The maximum absolute atomic E-state index is 11.8. The highest BCUT2D eigenvalue weighted by molar-refractivity contribution is 5.91. The van der Waals surface area contributed by atoms with Crippen molar-refractivity contribution in [3.63, 3.8) is 0 Å². The van der Waals surface area contributed by atoms with Crippen LogP contribution in [0.2, 0.25) is 0 Å². The molecule has 1 atom stereocenters. The highest BCUT2D eigenvalue weighted by atomic mass is 16.7. The molecule has 0 saturated carbocycles. The van der Waals surface area contributed by atoms with E-state index in [1.165, 1.54) is 6.08 Å². The Morgan fingerprint density at radius 1 is 1.35 bits per heavy atom. The van der Waals surface area contributed by atoms with Crippen LogP contribution in [-0.4, -0.2) is 18.4 Å². The third kappa shape index (κ3) is 3.17. The van der Waals surface area contributed by atoms with Gasteiger partial charge in [0.05, 0.1) is 0 Å². The molecule has 20 heavy (non-hydrogen) atoms. The topological polar surface area (TPSA) is 64.6 Å². The molecule has 1 aromatic carbocycles.